The lowest BCUT2D eigenvalue weighted by Crippen LogP contribution is -2.13. The molecule has 0 radical (unpaired) electrons. The number of aromatic nitrogens is 4. The van der Waals surface area contributed by atoms with E-state index in [2.05, 4.69) is 19.9 Å². The Kier molecular flexibility index (Phi) is 4.71. The lowest BCUT2D eigenvalue weighted by molar-refractivity contribution is 0.467. The zero-order valence-corrected chi connectivity index (χ0v) is 17.5. The molecule has 1 N–H and O–H groups in total. The van der Waals surface area contributed by atoms with Gasteiger partial charge in [-0.15, -0.1) is 10.2 Å². The van der Waals surface area contributed by atoms with E-state index in [1.165, 1.54) is 12.1 Å². The molecule has 5 rings (SSSR count). The number of benzene rings is 3. The number of para-hydroxylation sites is 2. The van der Waals surface area contributed by atoms with Crippen molar-refractivity contribution in [2.75, 3.05) is 4.72 Å². The normalized spacial score (nSPS) is 11.7. The third-order valence-corrected chi connectivity index (χ3v) is 6.26. The molecule has 3 aromatic carbocycles. The van der Waals surface area contributed by atoms with Crippen LogP contribution in [0.25, 0.3) is 16.7 Å². The Morgan fingerprint density at radius 2 is 1.81 bits per heavy atom. The molecule has 0 aliphatic rings. The second kappa shape index (κ2) is 7.57. The van der Waals surface area contributed by atoms with Crippen molar-refractivity contribution < 1.29 is 17.5 Å². The number of anilines is 1. The van der Waals surface area contributed by atoms with Gasteiger partial charge in [-0.3, -0.25) is 9.12 Å². The lowest BCUT2D eigenvalue weighted by atomic mass is 10.2. The highest BCUT2D eigenvalue weighted by atomic mass is 32.2. The van der Waals surface area contributed by atoms with Crippen LogP contribution in [-0.2, 0) is 10.0 Å². The molecule has 0 atom stereocenters. The van der Waals surface area contributed by atoms with Gasteiger partial charge in [0.15, 0.2) is 0 Å². The molecule has 0 bridgehead atoms. The number of halogens is 1. The van der Waals surface area contributed by atoms with Gasteiger partial charge < -0.3 is 4.74 Å². The molecule has 5 aromatic rings. The number of nitrogens with zero attached hydrogens (tertiary/aromatic N) is 4. The van der Waals surface area contributed by atoms with E-state index in [0.717, 1.165) is 11.6 Å². The van der Waals surface area contributed by atoms with Crippen LogP contribution in [0.2, 0.25) is 0 Å². The molecule has 2 heterocycles. The summed E-state index contributed by atoms with van der Waals surface area (Å²) in [6.45, 7) is 1.57. The molecule has 0 aliphatic carbocycles. The average molecular weight is 449 g/mol. The maximum atomic E-state index is 13.8. The summed E-state index contributed by atoms with van der Waals surface area (Å²) in [4.78, 5) is 4.36. The summed E-state index contributed by atoms with van der Waals surface area (Å²) in [7, 11) is -3.93. The van der Waals surface area contributed by atoms with Crippen LogP contribution >= 0.6 is 0 Å². The molecule has 0 spiro atoms. The fraction of sp³-hybridized carbons (Fsp3) is 0.0455. The van der Waals surface area contributed by atoms with Crippen molar-refractivity contribution in [1.82, 2.24) is 19.6 Å². The number of aryl methyl sites for hydroxylation is 1. The average Bonchev–Trinajstić information content (AvgIpc) is 3.27. The van der Waals surface area contributed by atoms with Gasteiger partial charge in [0, 0.05) is 5.69 Å². The van der Waals surface area contributed by atoms with Crippen molar-refractivity contribution >= 4 is 32.4 Å². The first-order valence-electron chi connectivity index (χ1n) is 9.56. The largest absolute Gasteiger partial charge is 0.436 e. The van der Waals surface area contributed by atoms with E-state index >= 15 is 0 Å². The second-order valence-electron chi connectivity index (χ2n) is 7.07. The van der Waals surface area contributed by atoms with Crippen LogP contribution in [0.1, 0.15) is 5.56 Å². The summed E-state index contributed by atoms with van der Waals surface area (Å²) in [5, 5.41) is 8.02. The summed E-state index contributed by atoms with van der Waals surface area (Å²) in [5.74, 6) is 0.117. The molecule has 0 fully saturated rings. The van der Waals surface area contributed by atoms with E-state index in [9.17, 15) is 12.8 Å². The van der Waals surface area contributed by atoms with E-state index in [1.807, 2.05) is 24.3 Å². The summed E-state index contributed by atoms with van der Waals surface area (Å²) in [5.41, 5.74) is 2.68. The van der Waals surface area contributed by atoms with Crippen molar-refractivity contribution in [3.8, 4) is 11.6 Å². The fourth-order valence-electron chi connectivity index (χ4n) is 3.20. The van der Waals surface area contributed by atoms with Crippen molar-refractivity contribution in [1.29, 1.82) is 0 Å². The number of hydrogen-bond acceptors (Lipinski definition) is 6. The van der Waals surface area contributed by atoms with Crippen LogP contribution in [0.4, 0.5) is 10.1 Å². The van der Waals surface area contributed by atoms with E-state index in [-0.39, 0.29) is 10.8 Å². The van der Waals surface area contributed by atoms with Crippen LogP contribution in [0.3, 0.4) is 0 Å². The van der Waals surface area contributed by atoms with Gasteiger partial charge in [-0.2, -0.15) is 0 Å². The van der Waals surface area contributed by atoms with Gasteiger partial charge in [-0.05, 0) is 61.0 Å². The molecule has 160 valence electrons. The second-order valence-corrected chi connectivity index (χ2v) is 8.76. The quantitative estimate of drug-likeness (QED) is 0.429. The lowest BCUT2D eigenvalue weighted by Gasteiger charge is -2.11. The van der Waals surface area contributed by atoms with Crippen molar-refractivity contribution in [3.63, 3.8) is 0 Å². The van der Waals surface area contributed by atoms with Gasteiger partial charge in [0.2, 0.25) is 5.65 Å². The predicted molar refractivity (Wildman–Crippen MR) is 117 cm³/mol. The maximum absolute atomic E-state index is 13.8. The first kappa shape index (κ1) is 19.9. The van der Waals surface area contributed by atoms with Crippen LogP contribution in [-0.4, -0.2) is 28.0 Å². The zero-order valence-electron chi connectivity index (χ0n) is 16.7. The van der Waals surface area contributed by atoms with Crippen LogP contribution in [0.5, 0.6) is 11.6 Å². The third-order valence-electron chi connectivity index (χ3n) is 4.88. The number of nitrogens with one attached hydrogen (secondary N) is 1. The molecule has 32 heavy (non-hydrogen) atoms. The van der Waals surface area contributed by atoms with Crippen LogP contribution in [0, 0.1) is 12.7 Å². The standard InChI is InChI=1S/C22H16FN5O3S/c1-14-6-11-17(12-18(14)23)32(29,30)27-15-7-9-16(10-8-15)31-22-21-26-24-13-28(21)20-5-3-2-4-19(20)25-22/h2-13,27H,1H3. The Morgan fingerprint density at radius 1 is 1.03 bits per heavy atom. The molecule has 0 unspecified atom stereocenters. The fourth-order valence-corrected chi connectivity index (χ4v) is 4.27. The molecular formula is C22H16FN5O3S. The molecular weight excluding hydrogens is 433 g/mol. The summed E-state index contributed by atoms with van der Waals surface area (Å²) < 4.78 is 49.0. The predicted octanol–water partition coefficient (Wildman–Crippen LogP) is 4.32. The molecule has 2 aromatic heterocycles. The minimum absolute atomic E-state index is 0.157. The van der Waals surface area contributed by atoms with Crippen LogP contribution in [0.15, 0.2) is 78.0 Å². The zero-order chi connectivity index (χ0) is 22.3. The van der Waals surface area contributed by atoms with Crippen LogP contribution < -0.4 is 9.46 Å². The van der Waals surface area contributed by atoms with E-state index < -0.39 is 15.8 Å². The van der Waals surface area contributed by atoms with Gasteiger partial charge >= 0.3 is 0 Å². The minimum atomic E-state index is -3.93. The number of fused-ring (bicyclic) bond motifs is 3. The SMILES string of the molecule is Cc1ccc(S(=O)(=O)Nc2ccc(Oc3nc4ccccc4n4cnnc34)cc2)cc1F. The van der Waals surface area contributed by atoms with Gasteiger partial charge in [0.05, 0.1) is 15.9 Å². The minimum Gasteiger partial charge on any atom is -0.436 e. The summed E-state index contributed by atoms with van der Waals surface area (Å²) >= 11 is 0. The summed E-state index contributed by atoms with van der Waals surface area (Å²) in [6, 6.07) is 17.6. The summed E-state index contributed by atoms with van der Waals surface area (Å²) in [6.07, 6.45) is 1.58. The van der Waals surface area contributed by atoms with E-state index in [0.29, 0.717) is 28.2 Å². The smallest absolute Gasteiger partial charge is 0.266 e. The van der Waals surface area contributed by atoms with Crippen molar-refractivity contribution in [2.45, 2.75) is 11.8 Å². The number of hydrogen-bond donors (Lipinski definition) is 1. The first-order valence-corrected chi connectivity index (χ1v) is 11.0. The van der Waals surface area contributed by atoms with Crippen molar-refractivity contribution in [3.05, 3.63) is 84.4 Å². The molecule has 0 amide bonds. The highest BCUT2D eigenvalue weighted by molar-refractivity contribution is 7.92. The Balaban J connectivity index is 1.40. The molecule has 0 saturated carbocycles. The number of ether oxygens (including phenoxy) is 1. The Morgan fingerprint density at radius 3 is 2.59 bits per heavy atom. The maximum Gasteiger partial charge on any atom is 0.266 e. The highest BCUT2D eigenvalue weighted by Crippen LogP contribution is 2.28. The van der Waals surface area contributed by atoms with E-state index in [1.54, 1.807) is 41.9 Å². The molecule has 10 heteroatoms. The monoisotopic (exact) mass is 449 g/mol. The molecule has 8 nitrogen and oxygen atoms in total. The third kappa shape index (κ3) is 3.60. The molecule has 0 saturated heterocycles. The number of sulfonamides is 1. The Bertz CT molecular complexity index is 1570. The Hall–Kier alpha value is -4.05. The van der Waals surface area contributed by atoms with Gasteiger partial charge in [0.25, 0.3) is 15.9 Å². The Labute approximate surface area is 182 Å². The topological polar surface area (TPSA) is 98.5 Å². The first-order chi connectivity index (χ1) is 15.4. The van der Waals surface area contributed by atoms with E-state index in [4.69, 9.17) is 4.74 Å². The van der Waals surface area contributed by atoms with Gasteiger partial charge in [-0.25, -0.2) is 17.8 Å². The highest BCUT2D eigenvalue weighted by Gasteiger charge is 2.16. The van der Waals surface area contributed by atoms with Gasteiger partial charge in [-0.1, -0.05) is 18.2 Å². The van der Waals surface area contributed by atoms with Crippen molar-refractivity contribution in [2.24, 2.45) is 0 Å². The molecule has 0 aliphatic heterocycles. The number of rotatable bonds is 5. The van der Waals surface area contributed by atoms with Gasteiger partial charge in [0.1, 0.15) is 17.9 Å².